The van der Waals surface area contributed by atoms with Crippen molar-refractivity contribution < 1.29 is 9.18 Å². The molecule has 0 saturated carbocycles. The van der Waals surface area contributed by atoms with Gasteiger partial charge in [0.15, 0.2) is 0 Å². The lowest BCUT2D eigenvalue weighted by Gasteiger charge is -2.24. The smallest absolute Gasteiger partial charge is 0.314 e. The Morgan fingerprint density at radius 1 is 1.40 bits per heavy atom. The van der Waals surface area contributed by atoms with Crippen molar-refractivity contribution in [2.75, 3.05) is 11.9 Å². The van der Waals surface area contributed by atoms with Crippen LogP contribution in [-0.4, -0.2) is 33.3 Å². The zero-order valence-electron chi connectivity index (χ0n) is 14.4. The van der Waals surface area contributed by atoms with E-state index in [2.05, 4.69) is 23.4 Å². The SMILES string of the molecule is CCCC[C@H]1C=CCN1C(=O)Nc1cnn(Cc2ccccc2F)c1. The highest BCUT2D eigenvalue weighted by atomic mass is 19.1. The number of hydrogen-bond acceptors (Lipinski definition) is 2. The summed E-state index contributed by atoms with van der Waals surface area (Å²) in [5.41, 5.74) is 1.18. The number of carbonyl (C=O) groups is 1. The fraction of sp³-hybridized carbons (Fsp3) is 0.368. The minimum absolute atomic E-state index is 0.128. The third-order valence-corrected chi connectivity index (χ3v) is 4.35. The second kappa shape index (κ2) is 7.96. The van der Waals surface area contributed by atoms with Gasteiger partial charge < -0.3 is 10.2 Å². The molecule has 1 aliphatic rings. The molecule has 1 aromatic carbocycles. The van der Waals surface area contributed by atoms with Crippen LogP contribution in [0.25, 0.3) is 0 Å². The van der Waals surface area contributed by atoms with Gasteiger partial charge >= 0.3 is 6.03 Å². The molecule has 1 aliphatic heterocycles. The van der Waals surface area contributed by atoms with Gasteiger partial charge in [0.1, 0.15) is 5.82 Å². The maximum Gasteiger partial charge on any atom is 0.322 e. The largest absolute Gasteiger partial charge is 0.322 e. The molecule has 2 aromatic rings. The van der Waals surface area contributed by atoms with E-state index >= 15 is 0 Å². The Kier molecular flexibility index (Phi) is 5.48. The van der Waals surface area contributed by atoms with Crippen molar-refractivity contribution in [1.29, 1.82) is 0 Å². The summed E-state index contributed by atoms with van der Waals surface area (Å²) in [5.74, 6) is -0.259. The topological polar surface area (TPSA) is 50.2 Å². The third-order valence-electron chi connectivity index (χ3n) is 4.35. The molecule has 6 heteroatoms. The average Bonchev–Trinajstić information content (AvgIpc) is 3.24. The minimum atomic E-state index is -0.259. The van der Waals surface area contributed by atoms with Gasteiger partial charge in [-0.1, -0.05) is 50.1 Å². The molecule has 3 rings (SSSR count). The highest BCUT2D eigenvalue weighted by Gasteiger charge is 2.24. The zero-order valence-corrected chi connectivity index (χ0v) is 14.4. The van der Waals surface area contributed by atoms with Crippen molar-refractivity contribution in [3.8, 4) is 0 Å². The van der Waals surface area contributed by atoms with Crippen LogP contribution in [0.15, 0.2) is 48.8 Å². The number of anilines is 1. The summed E-state index contributed by atoms with van der Waals surface area (Å²) < 4.78 is 15.3. The van der Waals surface area contributed by atoms with Crippen LogP contribution < -0.4 is 5.32 Å². The van der Waals surface area contributed by atoms with Crippen LogP contribution in [-0.2, 0) is 6.54 Å². The van der Waals surface area contributed by atoms with E-state index in [0.29, 0.717) is 24.3 Å². The number of halogens is 1. The normalized spacial score (nSPS) is 16.4. The standard InChI is InChI=1S/C19H23FN4O/c1-2-3-8-17-9-6-11-24(17)19(25)22-16-12-21-23(14-16)13-15-7-4-5-10-18(15)20/h4-7,9-10,12,14,17H,2-3,8,11,13H2,1H3,(H,22,25)/t17-/m0/s1. The van der Waals surface area contributed by atoms with Crippen molar-refractivity contribution >= 4 is 11.7 Å². The summed E-state index contributed by atoms with van der Waals surface area (Å²) in [7, 11) is 0. The summed E-state index contributed by atoms with van der Waals surface area (Å²) in [5, 5.41) is 7.08. The first-order valence-corrected chi connectivity index (χ1v) is 8.67. The van der Waals surface area contributed by atoms with Crippen molar-refractivity contribution in [1.82, 2.24) is 14.7 Å². The lowest BCUT2D eigenvalue weighted by Crippen LogP contribution is -2.39. The van der Waals surface area contributed by atoms with Gasteiger partial charge in [-0.05, 0) is 12.5 Å². The quantitative estimate of drug-likeness (QED) is 0.806. The minimum Gasteiger partial charge on any atom is -0.314 e. The van der Waals surface area contributed by atoms with Crippen molar-refractivity contribution in [2.24, 2.45) is 0 Å². The lowest BCUT2D eigenvalue weighted by molar-refractivity contribution is 0.208. The summed E-state index contributed by atoms with van der Waals surface area (Å²) in [6.45, 7) is 3.10. The molecule has 0 spiro atoms. The predicted octanol–water partition coefficient (Wildman–Crippen LogP) is 4.03. The molecule has 0 saturated heterocycles. The number of hydrogen-bond donors (Lipinski definition) is 1. The van der Waals surface area contributed by atoms with E-state index in [1.807, 2.05) is 11.0 Å². The molecular formula is C19H23FN4O. The Balaban J connectivity index is 1.59. The van der Waals surface area contributed by atoms with Gasteiger partial charge in [-0.2, -0.15) is 5.10 Å². The monoisotopic (exact) mass is 342 g/mol. The molecule has 1 N–H and O–H groups in total. The van der Waals surface area contributed by atoms with Gasteiger partial charge in [0.2, 0.25) is 0 Å². The van der Waals surface area contributed by atoms with Crippen molar-refractivity contribution in [3.05, 3.63) is 60.2 Å². The summed E-state index contributed by atoms with van der Waals surface area (Å²) in [6, 6.07) is 6.64. The number of benzene rings is 1. The lowest BCUT2D eigenvalue weighted by atomic mass is 10.1. The molecule has 25 heavy (non-hydrogen) atoms. The number of unbranched alkanes of at least 4 members (excludes halogenated alkanes) is 1. The number of carbonyl (C=O) groups excluding carboxylic acids is 1. The van der Waals surface area contributed by atoms with Crippen LogP contribution in [0.1, 0.15) is 31.7 Å². The van der Waals surface area contributed by atoms with Gasteiger partial charge in [0.05, 0.1) is 24.5 Å². The molecule has 0 radical (unpaired) electrons. The summed E-state index contributed by atoms with van der Waals surface area (Å²) >= 11 is 0. The highest BCUT2D eigenvalue weighted by molar-refractivity contribution is 5.89. The second-order valence-corrected chi connectivity index (χ2v) is 6.24. The molecule has 2 heterocycles. The first kappa shape index (κ1) is 17.2. The maximum absolute atomic E-state index is 13.7. The zero-order chi connectivity index (χ0) is 17.6. The fourth-order valence-electron chi connectivity index (χ4n) is 2.98. The molecule has 1 atom stereocenters. The van der Waals surface area contributed by atoms with E-state index in [1.165, 1.54) is 6.07 Å². The number of nitrogens with zero attached hydrogens (tertiary/aromatic N) is 3. The van der Waals surface area contributed by atoms with Gasteiger partial charge in [0.25, 0.3) is 0 Å². The highest BCUT2D eigenvalue weighted by Crippen LogP contribution is 2.18. The maximum atomic E-state index is 13.7. The van der Waals surface area contributed by atoms with Gasteiger partial charge in [-0.25, -0.2) is 9.18 Å². The molecule has 2 amide bonds. The Morgan fingerprint density at radius 3 is 3.04 bits per heavy atom. The van der Waals surface area contributed by atoms with Gasteiger partial charge in [-0.15, -0.1) is 0 Å². The fourth-order valence-corrected chi connectivity index (χ4v) is 2.98. The Hall–Kier alpha value is -2.63. The number of urea groups is 1. The second-order valence-electron chi connectivity index (χ2n) is 6.24. The Morgan fingerprint density at radius 2 is 2.24 bits per heavy atom. The van der Waals surface area contributed by atoms with Crippen molar-refractivity contribution in [3.63, 3.8) is 0 Å². The van der Waals surface area contributed by atoms with Crippen LogP contribution in [0.3, 0.4) is 0 Å². The van der Waals surface area contributed by atoms with E-state index in [0.717, 1.165) is 19.3 Å². The molecule has 0 fully saturated rings. The Bertz CT molecular complexity index is 755. The van der Waals surface area contributed by atoms with Crippen LogP contribution in [0.5, 0.6) is 0 Å². The van der Waals surface area contributed by atoms with Gasteiger partial charge in [-0.3, -0.25) is 4.68 Å². The molecule has 0 bridgehead atoms. The number of aromatic nitrogens is 2. The van der Waals surface area contributed by atoms with E-state index in [1.54, 1.807) is 35.3 Å². The first-order chi connectivity index (χ1) is 12.2. The molecule has 0 aliphatic carbocycles. The molecule has 132 valence electrons. The van der Waals surface area contributed by atoms with E-state index < -0.39 is 0 Å². The molecule has 5 nitrogen and oxygen atoms in total. The van der Waals surface area contributed by atoms with E-state index in [9.17, 15) is 9.18 Å². The van der Waals surface area contributed by atoms with Crippen LogP contribution in [0.4, 0.5) is 14.9 Å². The molecular weight excluding hydrogens is 319 g/mol. The Labute approximate surface area is 147 Å². The van der Waals surface area contributed by atoms with Crippen molar-refractivity contribution in [2.45, 2.75) is 38.8 Å². The van der Waals surface area contributed by atoms with Gasteiger partial charge in [0, 0.05) is 18.3 Å². The molecule has 0 unspecified atom stereocenters. The summed E-state index contributed by atoms with van der Waals surface area (Å²) in [6.07, 6.45) is 10.6. The number of amides is 2. The van der Waals surface area contributed by atoms with E-state index in [4.69, 9.17) is 0 Å². The predicted molar refractivity (Wildman–Crippen MR) is 95.9 cm³/mol. The number of nitrogens with one attached hydrogen (secondary N) is 1. The number of rotatable bonds is 6. The van der Waals surface area contributed by atoms with Crippen LogP contribution in [0.2, 0.25) is 0 Å². The summed E-state index contributed by atoms with van der Waals surface area (Å²) in [4.78, 5) is 14.3. The van der Waals surface area contributed by atoms with Crippen LogP contribution in [0, 0.1) is 5.82 Å². The van der Waals surface area contributed by atoms with Crippen LogP contribution >= 0.6 is 0 Å². The first-order valence-electron chi connectivity index (χ1n) is 8.67. The average molecular weight is 342 g/mol. The van der Waals surface area contributed by atoms with E-state index in [-0.39, 0.29) is 17.9 Å². The third kappa shape index (κ3) is 4.26. The molecule has 1 aromatic heterocycles.